The summed E-state index contributed by atoms with van der Waals surface area (Å²) in [6, 6.07) is 7.48. The Morgan fingerprint density at radius 3 is 2.75 bits per heavy atom. The zero-order valence-electron chi connectivity index (χ0n) is 6.11. The lowest BCUT2D eigenvalue weighted by Gasteiger charge is -1.96. The molecule has 2 heterocycles. The summed E-state index contributed by atoms with van der Waals surface area (Å²) in [7, 11) is 0. The lowest BCUT2D eigenvalue weighted by molar-refractivity contribution is -0.118. The largest absolute Gasteiger partial charge is 0.321 e. The average molecular weight is 159 g/mol. The van der Waals surface area contributed by atoms with E-state index in [1.54, 1.807) is 0 Å². The second-order valence-corrected chi connectivity index (χ2v) is 2.87. The Kier molecular flexibility index (Phi) is 0.760. The fraction of sp³-hybridized carbons (Fsp3) is 0.125. The monoisotopic (exact) mass is 159 g/mol. The van der Waals surface area contributed by atoms with Gasteiger partial charge in [0, 0.05) is 11.3 Å². The number of para-hydroxylation sites is 1. The first kappa shape index (κ1) is 5.88. The summed E-state index contributed by atoms with van der Waals surface area (Å²) in [6.07, 6.45) is 0. The van der Waals surface area contributed by atoms with Crippen molar-refractivity contribution in [1.29, 1.82) is 0 Å². The molecular weight excluding hydrogens is 154 g/mol. The topological polar surface area (TPSA) is 53.8 Å². The number of nitrogens with zero attached hydrogens (tertiary/aromatic N) is 2. The van der Waals surface area contributed by atoms with Gasteiger partial charge in [0.1, 0.15) is 0 Å². The van der Waals surface area contributed by atoms with Crippen molar-refractivity contribution >= 4 is 11.6 Å². The smallest absolute Gasteiger partial charge is 0.295 e. The molecule has 1 aromatic carbocycles. The summed E-state index contributed by atoms with van der Waals surface area (Å²) in [4.78, 5) is 11.3. The average Bonchev–Trinajstić information content (AvgIpc) is 2.80. The quantitative estimate of drug-likeness (QED) is 0.608. The Morgan fingerprint density at radius 2 is 2.00 bits per heavy atom. The molecule has 2 aliphatic heterocycles. The first-order chi connectivity index (χ1) is 5.83. The van der Waals surface area contributed by atoms with Crippen LogP contribution < -0.4 is 5.32 Å². The van der Waals surface area contributed by atoms with E-state index >= 15 is 0 Å². The summed E-state index contributed by atoms with van der Waals surface area (Å²) >= 11 is 0. The molecule has 58 valence electrons. The molecule has 0 radical (unpaired) electrons. The Balaban J connectivity index is 2.26. The van der Waals surface area contributed by atoms with Gasteiger partial charge < -0.3 is 5.32 Å². The minimum Gasteiger partial charge on any atom is -0.321 e. The van der Waals surface area contributed by atoms with E-state index in [-0.39, 0.29) is 5.91 Å². The van der Waals surface area contributed by atoms with Gasteiger partial charge in [0.05, 0.1) is 0 Å². The summed E-state index contributed by atoms with van der Waals surface area (Å²) < 4.78 is 0. The van der Waals surface area contributed by atoms with Crippen molar-refractivity contribution in [3.63, 3.8) is 0 Å². The molecule has 0 saturated carbocycles. The van der Waals surface area contributed by atoms with Crippen molar-refractivity contribution < 1.29 is 4.79 Å². The normalized spacial score (nSPS) is 20.8. The Morgan fingerprint density at radius 1 is 1.25 bits per heavy atom. The van der Waals surface area contributed by atoms with Crippen LogP contribution in [0.15, 0.2) is 34.5 Å². The molecule has 0 unspecified atom stereocenters. The van der Waals surface area contributed by atoms with Gasteiger partial charge in [-0.3, -0.25) is 4.79 Å². The van der Waals surface area contributed by atoms with Crippen molar-refractivity contribution in [1.82, 2.24) is 0 Å². The van der Waals surface area contributed by atoms with Gasteiger partial charge in [-0.15, -0.1) is 10.2 Å². The van der Waals surface area contributed by atoms with E-state index in [0.717, 1.165) is 11.3 Å². The van der Waals surface area contributed by atoms with Crippen molar-refractivity contribution in [2.75, 3.05) is 5.32 Å². The number of carbonyl (C=O) groups excluding carboxylic acids is 1. The highest BCUT2D eigenvalue weighted by atomic mass is 16.2. The summed E-state index contributed by atoms with van der Waals surface area (Å²) in [6.45, 7) is 0. The van der Waals surface area contributed by atoms with E-state index in [1.807, 2.05) is 24.3 Å². The predicted molar refractivity (Wildman–Crippen MR) is 41.6 cm³/mol. The SMILES string of the molecule is O=C1Nc2ccccc2C12N=N2. The Bertz CT molecular complexity index is 405. The van der Waals surface area contributed by atoms with E-state index in [1.165, 1.54) is 0 Å². The molecule has 0 aliphatic carbocycles. The minimum absolute atomic E-state index is 0.135. The van der Waals surface area contributed by atoms with Gasteiger partial charge in [0.2, 0.25) is 0 Å². The number of carbonyl (C=O) groups is 1. The highest BCUT2D eigenvalue weighted by Crippen LogP contribution is 2.47. The van der Waals surface area contributed by atoms with Gasteiger partial charge in [0.15, 0.2) is 0 Å². The van der Waals surface area contributed by atoms with Crippen molar-refractivity contribution in [3.05, 3.63) is 29.8 Å². The molecule has 1 spiro atoms. The van der Waals surface area contributed by atoms with Crippen LogP contribution in [0.5, 0.6) is 0 Å². The highest BCUT2D eigenvalue weighted by molar-refractivity contribution is 6.07. The number of anilines is 1. The molecule has 0 atom stereocenters. The zero-order valence-corrected chi connectivity index (χ0v) is 6.11. The lowest BCUT2D eigenvalue weighted by Crippen LogP contribution is -2.19. The molecular formula is C8H5N3O. The van der Waals surface area contributed by atoms with Gasteiger partial charge in [0.25, 0.3) is 11.6 Å². The van der Waals surface area contributed by atoms with Crippen LogP contribution >= 0.6 is 0 Å². The molecule has 1 aromatic rings. The highest BCUT2D eigenvalue weighted by Gasteiger charge is 2.55. The number of fused-ring (bicyclic) bond motifs is 2. The number of hydrogen-bond acceptors (Lipinski definition) is 3. The number of hydrogen-bond donors (Lipinski definition) is 1. The van der Waals surface area contributed by atoms with Gasteiger partial charge in [-0.1, -0.05) is 18.2 Å². The predicted octanol–water partition coefficient (Wildman–Crippen LogP) is 1.26. The molecule has 3 rings (SSSR count). The number of rotatable bonds is 0. The van der Waals surface area contributed by atoms with Gasteiger partial charge in [-0.25, -0.2) is 0 Å². The van der Waals surface area contributed by atoms with Crippen LogP contribution in [0.3, 0.4) is 0 Å². The second-order valence-electron chi connectivity index (χ2n) is 2.87. The molecule has 2 aliphatic rings. The maximum Gasteiger partial charge on any atom is 0.295 e. The first-order valence-electron chi connectivity index (χ1n) is 3.68. The van der Waals surface area contributed by atoms with E-state index in [4.69, 9.17) is 0 Å². The molecule has 0 saturated heterocycles. The number of amides is 1. The fourth-order valence-electron chi connectivity index (χ4n) is 1.48. The van der Waals surface area contributed by atoms with Gasteiger partial charge in [-0.05, 0) is 6.07 Å². The standard InChI is InChI=1S/C8H5N3O/c12-7-8(10-11-8)5-3-1-2-4-6(5)9-7/h1-4H,(H,9,12). The van der Waals surface area contributed by atoms with Gasteiger partial charge in [-0.2, -0.15) is 0 Å². The third-order valence-electron chi connectivity index (χ3n) is 2.17. The molecule has 1 amide bonds. The molecule has 0 bridgehead atoms. The van der Waals surface area contributed by atoms with Crippen LogP contribution in [0.2, 0.25) is 0 Å². The summed E-state index contributed by atoms with van der Waals surface area (Å²) in [5.41, 5.74) is 0.832. The van der Waals surface area contributed by atoms with Crippen LogP contribution in [0.25, 0.3) is 0 Å². The second kappa shape index (κ2) is 1.55. The maximum atomic E-state index is 11.3. The number of benzene rings is 1. The minimum atomic E-state index is -0.864. The van der Waals surface area contributed by atoms with E-state index in [2.05, 4.69) is 15.5 Å². The zero-order chi connectivity index (χ0) is 8.18. The maximum absolute atomic E-state index is 11.3. The number of nitrogens with one attached hydrogen (secondary N) is 1. The van der Waals surface area contributed by atoms with Crippen LogP contribution in [0, 0.1) is 0 Å². The van der Waals surface area contributed by atoms with E-state index < -0.39 is 5.66 Å². The molecule has 0 fully saturated rings. The van der Waals surface area contributed by atoms with Crippen LogP contribution in [0.1, 0.15) is 5.56 Å². The first-order valence-corrected chi connectivity index (χ1v) is 3.68. The van der Waals surface area contributed by atoms with Crippen LogP contribution in [0.4, 0.5) is 5.69 Å². The van der Waals surface area contributed by atoms with E-state index in [9.17, 15) is 4.79 Å². The van der Waals surface area contributed by atoms with Crippen LogP contribution in [-0.2, 0) is 10.5 Å². The summed E-state index contributed by atoms with van der Waals surface area (Å²) in [5, 5.41) is 10.3. The third kappa shape index (κ3) is 0.480. The van der Waals surface area contributed by atoms with Crippen molar-refractivity contribution in [2.24, 2.45) is 10.2 Å². The summed E-state index contributed by atoms with van der Waals surface area (Å²) in [5.74, 6) is -0.135. The van der Waals surface area contributed by atoms with E-state index in [0.29, 0.717) is 0 Å². The lowest BCUT2D eigenvalue weighted by atomic mass is 10.1. The Labute approximate surface area is 68.3 Å². The molecule has 0 aromatic heterocycles. The molecule has 12 heavy (non-hydrogen) atoms. The molecule has 4 heteroatoms. The molecule has 4 nitrogen and oxygen atoms in total. The third-order valence-corrected chi connectivity index (χ3v) is 2.17. The molecule has 1 N–H and O–H groups in total. The fourth-order valence-corrected chi connectivity index (χ4v) is 1.48. The van der Waals surface area contributed by atoms with Crippen LogP contribution in [-0.4, -0.2) is 5.91 Å². The van der Waals surface area contributed by atoms with Crippen molar-refractivity contribution in [2.45, 2.75) is 5.66 Å². The van der Waals surface area contributed by atoms with Crippen molar-refractivity contribution in [3.8, 4) is 0 Å². The van der Waals surface area contributed by atoms with Gasteiger partial charge >= 0.3 is 0 Å². The Hall–Kier alpha value is -1.71.